The van der Waals surface area contributed by atoms with E-state index in [4.69, 9.17) is 11.6 Å². The molecule has 1 aromatic rings. The van der Waals surface area contributed by atoms with Crippen LogP contribution in [0, 0.1) is 0 Å². The molecule has 0 atom stereocenters. The normalized spacial score (nSPS) is 12.1. The Hall–Kier alpha value is -0.530. The van der Waals surface area contributed by atoms with Crippen molar-refractivity contribution in [2.24, 2.45) is 0 Å². The maximum atomic E-state index is 6.09. The van der Waals surface area contributed by atoms with Crippen LogP contribution in [0.4, 0.5) is 0 Å². The predicted octanol–water partition coefficient (Wildman–Crippen LogP) is 3.57. The van der Waals surface area contributed by atoms with Crippen LogP contribution in [0.5, 0.6) is 0 Å². The Labute approximate surface area is 91.7 Å². The minimum Gasteiger partial charge on any atom is -0.297 e. The van der Waals surface area contributed by atoms with Gasteiger partial charge >= 0.3 is 0 Å². The van der Waals surface area contributed by atoms with Crippen molar-refractivity contribution in [3.05, 3.63) is 34.9 Å². The zero-order chi connectivity index (χ0) is 10.8. The number of rotatable bonds is 2. The summed E-state index contributed by atoms with van der Waals surface area (Å²) in [7, 11) is 2.11. The van der Waals surface area contributed by atoms with Gasteiger partial charge in [0.05, 0.1) is 0 Å². The molecule has 0 unspecified atom stereocenters. The van der Waals surface area contributed by atoms with Gasteiger partial charge in [-0.25, -0.2) is 0 Å². The Bertz CT molecular complexity index is 301. The third kappa shape index (κ3) is 3.00. The first-order valence-corrected chi connectivity index (χ1v) is 5.23. The van der Waals surface area contributed by atoms with Gasteiger partial charge in [-0.2, -0.15) is 0 Å². The van der Waals surface area contributed by atoms with Crippen molar-refractivity contribution >= 4 is 11.6 Å². The second-order valence-corrected chi connectivity index (χ2v) is 5.03. The summed E-state index contributed by atoms with van der Waals surface area (Å²) in [6.07, 6.45) is 0. The maximum Gasteiger partial charge on any atom is 0.0451 e. The lowest BCUT2D eigenvalue weighted by atomic mass is 10.1. The molecule has 0 saturated carbocycles. The van der Waals surface area contributed by atoms with Gasteiger partial charge in [-0.3, -0.25) is 4.90 Å². The quantitative estimate of drug-likeness (QED) is 0.723. The third-order valence-corrected chi connectivity index (χ3v) is 2.88. The van der Waals surface area contributed by atoms with Crippen LogP contribution in [-0.4, -0.2) is 17.5 Å². The Morgan fingerprint density at radius 3 is 2.29 bits per heavy atom. The fourth-order valence-corrected chi connectivity index (χ4v) is 1.31. The van der Waals surface area contributed by atoms with Crippen LogP contribution >= 0.6 is 11.6 Å². The van der Waals surface area contributed by atoms with Crippen molar-refractivity contribution in [3.63, 3.8) is 0 Å². The Balaban J connectivity index is 2.75. The van der Waals surface area contributed by atoms with Crippen molar-refractivity contribution in [2.45, 2.75) is 32.9 Å². The first-order valence-electron chi connectivity index (χ1n) is 4.86. The van der Waals surface area contributed by atoms with Gasteiger partial charge in [-0.05, 0) is 39.4 Å². The van der Waals surface area contributed by atoms with Crippen LogP contribution in [0.3, 0.4) is 0 Å². The molecule has 0 heterocycles. The van der Waals surface area contributed by atoms with Crippen LogP contribution in [0.15, 0.2) is 24.3 Å². The average Bonchev–Trinajstić information content (AvgIpc) is 2.07. The lowest BCUT2D eigenvalue weighted by Gasteiger charge is -2.32. The van der Waals surface area contributed by atoms with Gasteiger partial charge in [-0.15, -0.1) is 0 Å². The van der Waals surface area contributed by atoms with Gasteiger partial charge in [0.1, 0.15) is 0 Å². The first-order chi connectivity index (χ1) is 6.41. The highest BCUT2D eigenvalue weighted by Gasteiger charge is 2.17. The van der Waals surface area contributed by atoms with Crippen molar-refractivity contribution in [1.82, 2.24) is 4.90 Å². The SMILES string of the molecule is CN(Cc1ccccc1Cl)C(C)(C)C. The molecule has 0 fully saturated rings. The molecule has 0 bridgehead atoms. The number of hydrogen-bond donors (Lipinski definition) is 0. The maximum absolute atomic E-state index is 6.09. The second-order valence-electron chi connectivity index (χ2n) is 4.62. The van der Waals surface area contributed by atoms with E-state index in [0.29, 0.717) is 0 Å². The van der Waals surface area contributed by atoms with Gasteiger partial charge in [0.15, 0.2) is 0 Å². The summed E-state index contributed by atoms with van der Waals surface area (Å²) in [5, 5.41) is 0.851. The predicted molar refractivity (Wildman–Crippen MR) is 62.7 cm³/mol. The van der Waals surface area contributed by atoms with E-state index in [1.165, 1.54) is 5.56 Å². The average molecular weight is 212 g/mol. The van der Waals surface area contributed by atoms with E-state index in [2.05, 4.69) is 38.8 Å². The molecular weight excluding hydrogens is 194 g/mol. The molecule has 0 N–H and O–H groups in total. The summed E-state index contributed by atoms with van der Waals surface area (Å²) in [5.41, 5.74) is 1.37. The molecule has 2 heteroatoms. The summed E-state index contributed by atoms with van der Waals surface area (Å²) >= 11 is 6.09. The Morgan fingerprint density at radius 1 is 1.21 bits per heavy atom. The summed E-state index contributed by atoms with van der Waals surface area (Å²) in [6, 6.07) is 8.00. The standard InChI is InChI=1S/C12H18ClN/c1-12(2,3)14(4)9-10-7-5-6-8-11(10)13/h5-8H,9H2,1-4H3. The molecule has 1 nitrogen and oxygen atoms in total. The summed E-state index contributed by atoms with van der Waals surface area (Å²) in [4.78, 5) is 2.29. The van der Waals surface area contributed by atoms with Crippen molar-refractivity contribution in [2.75, 3.05) is 7.05 Å². The topological polar surface area (TPSA) is 3.24 Å². The summed E-state index contributed by atoms with van der Waals surface area (Å²) in [6.45, 7) is 7.49. The van der Waals surface area contributed by atoms with Gasteiger partial charge in [0, 0.05) is 17.1 Å². The van der Waals surface area contributed by atoms with E-state index in [9.17, 15) is 0 Å². The molecule has 1 rings (SSSR count). The number of benzene rings is 1. The van der Waals surface area contributed by atoms with Crippen LogP contribution < -0.4 is 0 Å². The van der Waals surface area contributed by atoms with Crippen LogP contribution in [0.2, 0.25) is 5.02 Å². The molecule has 0 radical (unpaired) electrons. The zero-order valence-electron chi connectivity index (χ0n) is 9.34. The monoisotopic (exact) mass is 211 g/mol. The van der Waals surface area contributed by atoms with E-state index < -0.39 is 0 Å². The zero-order valence-corrected chi connectivity index (χ0v) is 10.1. The highest BCUT2D eigenvalue weighted by Crippen LogP contribution is 2.20. The highest BCUT2D eigenvalue weighted by atomic mass is 35.5. The van der Waals surface area contributed by atoms with E-state index in [1.54, 1.807) is 0 Å². The van der Waals surface area contributed by atoms with Crippen LogP contribution in [-0.2, 0) is 6.54 Å². The van der Waals surface area contributed by atoms with Gasteiger partial charge in [-0.1, -0.05) is 29.8 Å². The van der Waals surface area contributed by atoms with Gasteiger partial charge < -0.3 is 0 Å². The minimum absolute atomic E-state index is 0.180. The molecule has 0 aliphatic rings. The van der Waals surface area contributed by atoms with E-state index in [1.807, 2.05) is 18.2 Å². The molecular formula is C12H18ClN. The second kappa shape index (κ2) is 4.33. The Morgan fingerprint density at radius 2 is 1.79 bits per heavy atom. The van der Waals surface area contributed by atoms with E-state index >= 15 is 0 Å². The molecule has 1 aromatic carbocycles. The fraction of sp³-hybridized carbons (Fsp3) is 0.500. The number of halogens is 1. The highest BCUT2D eigenvalue weighted by molar-refractivity contribution is 6.31. The summed E-state index contributed by atoms with van der Waals surface area (Å²) < 4.78 is 0. The largest absolute Gasteiger partial charge is 0.297 e. The van der Waals surface area contributed by atoms with E-state index in [0.717, 1.165) is 11.6 Å². The lowest BCUT2D eigenvalue weighted by molar-refractivity contribution is 0.167. The van der Waals surface area contributed by atoms with Crippen molar-refractivity contribution < 1.29 is 0 Å². The van der Waals surface area contributed by atoms with E-state index in [-0.39, 0.29) is 5.54 Å². The molecule has 0 aromatic heterocycles. The molecule has 14 heavy (non-hydrogen) atoms. The molecule has 0 aliphatic heterocycles. The molecule has 0 amide bonds. The molecule has 0 saturated heterocycles. The van der Waals surface area contributed by atoms with Gasteiger partial charge in [0.25, 0.3) is 0 Å². The van der Waals surface area contributed by atoms with Crippen molar-refractivity contribution in [3.8, 4) is 0 Å². The minimum atomic E-state index is 0.180. The molecule has 78 valence electrons. The van der Waals surface area contributed by atoms with Crippen LogP contribution in [0.25, 0.3) is 0 Å². The fourth-order valence-electron chi connectivity index (χ4n) is 1.12. The molecule has 0 aliphatic carbocycles. The lowest BCUT2D eigenvalue weighted by Crippen LogP contribution is -2.37. The van der Waals surface area contributed by atoms with Crippen molar-refractivity contribution in [1.29, 1.82) is 0 Å². The summed E-state index contributed by atoms with van der Waals surface area (Å²) in [5.74, 6) is 0. The number of hydrogen-bond acceptors (Lipinski definition) is 1. The van der Waals surface area contributed by atoms with Gasteiger partial charge in [0.2, 0.25) is 0 Å². The number of nitrogens with zero attached hydrogens (tertiary/aromatic N) is 1. The van der Waals surface area contributed by atoms with Crippen LogP contribution in [0.1, 0.15) is 26.3 Å². The smallest absolute Gasteiger partial charge is 0.0451 e. The Kier molecular flexibility index (Phi) is 3.57. The first kappa shape index (κ1) is 11.5. The molecule has 0 spiro atoms. The third-order valence-electron chi connectivity index (χ3n) is 2.51.